The molecule has 1 saturated heterocycles. The molecule has 0 aliphatic carbocycles. The summed E-state index contributed by atoms with van der Waals surface area (Å²) in [5.74, 6) is -0.900. The molecule has 308 valence electrons. The van der Waals surface area contributed by atoms with Gasteiger partial charge in [-0.1, -0.05) is 31.1 Å². The Labute approximate surface area is 340 Å². The van der Waals surface area contributed by atoms with E-state index in [1.165, 1.54) is 10.6 Å². The van der Waals surface area contributed by atoms with Crippen LogP contribution in [0.3, 0.4) is 0 Å². The predicted molar refractivity (Wildman–Crippen MR) is 219 cm³/mol. The zero-order chi connectivity index (χ0) is 41.8. The number of aromatic hydroxyl groups is 3. The monoisotopic (exact) mass is 804 g/mol. The van der Waals surface area contributed by atoms with Gasteiger partial charge in [0.15, 0.2) is 5.82 Å². The number of anilines is 1. The minimum Gasteiger partial charge on any atom is -0.508 e. The second-order valence-electron chi connectivity index (χ2n) is 15.0. The second kappa shape index (κ2) is 17.4. The minimum atomic E-state index is -0.573. The number of benzene rings is 3. The van der Waals surface area contributed by atoms with E-state index >= 15 is 0 Å². The third-order valence-corrected chi connectivity index (χ3v) is 10.8. The zero-order valence-corrected chi connectivity index (χ0v) is 33.2. The molecule has 2 aliphatic rings. The Balaban J connectivity index is 0.834. The third-order valence-electron chi connectivity index (χ3n) is 10.8. The molecule has 3 aromatic carbocycles. The van der Waals surface area contributed by atoms with Gasteiger partial charge in [0.05, 0.1) is 24.5 Å². The van der Waals surface area contributed by atoms with Crippen LogP contribution in [0.1, 0.15) is 80.3 Å². The van der Waals surface area contributed by atoms with Gasteiger partial charge in [-0.3, -0.25) is 19.2 Å². The lowest BCUT2D eigenvalue weighted by Crippen LogP contribution is -2.49. The van der Waals surface area contributed by atoms with Gasteiger partial charge in [-0.25, -0.2) is 4.57 Å². The van der Waals surface area contributed by atoms with Crippen LogP contribution in [0.5, 0.6) is 17.5 Å². The number of allylic oxidation sites excluding steroid dienone is 2. The van der Waals surface area contributed by atoms with E-state index in [2.05, 4.69) is 26.1 Å². The molecule has 1 fully saturated rings. The molecular formula is C43H48N8O8. The van der Waals surface area contributed by atoms with Crippen LogP contribution in [0.25, 0.3) is 28.0 Å². The average molecular weight is 805 g/mol. The largest absolute Gasteiger partial charge is 0.508 e. The number of piperidine rings is 1. The quantitative estimate of drug-likeness (QED) is 0.0761. The van der Waals surface area contributed by atoms with Gasteiger partial charge in [0.25, 0.3) is 5.91 Å². The lowest BCUT2D eigenvalue weighted by atomic mass is 9.98. The summed E-state index contributed by atoms with van der Waals surface area (Å²) < 4.78 is 9.25. The van der Waals surface area contributed by atoms with Crippen LogP contribution < -0.4 is 16.0 Å². The van der Waals surface area contributed by atoms with Gasteiger partial charge in [-0.15, -0.1) is 5.10 Å². The Kier molecular flexibility index (Phi) is 12.0. The summed E-state index contributed by atoms with van der Waals surface area (Å²) in [6.07, 6.45) is 5.63. The van der Waals surface area contributed by atoms with Gasteiger partial charge >= 0.3 is 6.01 Å². The van der Waals surface area contributed by atoms with E-state index < -0.39 is 6.04 Å². The molecule has 2 aliphatic heterocycles. The number of rotatable bonds is 15. The Bertz CT molecular complexity index is 2450. The van der Waals surface area contributed by atoms with Gasteiger partial charge in [0.2, 0.25) is 17.7 Å². The van der Waals surface area contributed by atoms with E-state index in [-0.39, 0.29) is 72.3 Å². The lowest BCUT2D eigenvalue weighted by molar-refractivity contribution is -0.126. The molecule has 16 heteroatoms. The highest BCUT2D eigenvalue weighted by atomic mass is 16.5. The van der Waals surface area contributed by atoms with E-state index in [0.29, 0.717) is 79.2 Å². The summed E-state index contributed by atoms with van der Waals surface area (Å²) in [5.41, 5.74) is 5.00. The van der Waals surface area contributed by atoms with Crippen molar-refractivity contribution >= 4 is 40.2 Å². The Hall–Kier alpha value is -6.68. The summed E-state index contributed by atoms with van der Waals surface area (Å²) in [6.45, 7) is 7.52. The number of hydrogen-bond donors (Lipinski definition) is 6. The molecule has 5 aromatic rings. The third kappa shape index (κ3) is 8.62. The first kappa shape index (κ1) is 40.5. The van der Waals surface area contributed by atoms with E-state index in [1.807, 2.05) is 61.9 Å². The maximum Gasteiger partial charge on any atom is 0.319 e. The number of nitrogens with zero attached hydrogens (tertiary/aromatic N) is 5. The van der Waals surface area contributed by atoms with Crippen molar-refractivity contribution in [3.63, 3.8) is 0 Å². The first-order chi connectivity index (χ1) is 28.4. The van der Waals surface area contributed by atoms with Crippen molar-refractivity contribution in [2.24, 2.45) is 0 Å². The summed E-state index contributed by atoms with van der Waals surface area (Å²) in [6, 6.07) is 14.7. The van der Waals surface area contributed by atoms with Crippen molar-refractivity contribution in [2.45, 2.75) is 77.9 Å². The molecular weight excluding hydrogens is 757 g/mol. The van der Waals surface area contributed by atoms with E-state index in [9.17, 15) is 34.5 Å². The van der Waals surface area contributed by atoms with Crippen molar-refractivity contribution in [3.05, 3.63) is 89.3 Å². The summed E-state index contributed by atoms with van der Waals surface area (Å²) >= 11 is 0. The van der Waals surface area contributed by atoms with Crippen molar-refractivity contribution in [1.82, 2.24) is 34.9 Å². The molecule has 16 nitrogen and oxygen atoms in total. The SMILES string of the molecule is CC=C1CCC(N2Cc3c(NC(=O)CCCC(=O)NCCOCCn4ccc5cc(-n6c(O)nnc6-c6cc(C(C)C)c(O)cc6O)ccc54)cccc3C2=O)C(=O)N1. The molecule has 7 rings (SSSR count). The van der Waals surface area contributed by atoms with Gasteiger partial charge in [0, 0.05) is 78.2 Å². The topological polar surface area (TPSA) is 213 Å². The lowest BCUT2D eigenvalue weighted by Gasteiger charge is -2.31. The van der Waals surface area contributed by atoms with Gasteiger partial charge in [-0.05, 0) is 80.1 Å². The Morgan fingerprint density at radius 2 is 1.80 bits per heavy atom. The van der Waals surface area contributed by atoms with E-state index in [0.717, 1.165) is 16.6 Å². The molecule has 0 spiro atoms. The second-order valence-corrected chi connectivity index (χ2v) is 15.0. The van der Waals surface area contributed by atoms with Crippen LogP contribution >= 0.6 is 0 Å². The molecule has 2 aromatic heterocycles. The molecule has 1 unspecified atom stereocenters. The molecule has 4 amide bonds. The van der Waals surface area contributed by atoms with Gasteiger partial charge < -0.3 is 45.5 Å². The Morgan fingerprint density at radius 3 is 2.58 bits per heavy atom. The van der Waals surface area contributed by atoms with Crippen molar-refractivity contribution in [2.75, 3.05) is 25.1 Å². The normalized spacial score (nSPS) is 15.9. The van der Waals surface area contributed by atoms with Crippen molar-refractivity contribution in [1.29, 1.82) is 0 Å². The number of aromatic nitrogens is 4. The van der Waals surface area contributed by atoms with Crippen LogP contribution in [0.2, 0.25) is 0 Å². The van der Waals surface area contributed by atoms with Gasteiger partial charge in [-0.2, -0.15) is 0 Å². The molecule has 6 N–H and O–H groups in total. The smallest absolute Gasteiger partial charge is 0.319 e. The molecule has 59 heavy (non-hydrogen) atoms. The first-order valence-corrected chi connectivity index (χ1v) is 19.8. The highest BCUT2D eigenvalue weighted by Gasteiger charge is 2.39. The van der Waals surface area contributed by atoms with E-state index in [1.54, 1.807) is 29.2 Å². The maximum absolute atomic E-state index is 13.2. The highest BCUT2D eigenvalue weighted by molar-refractivity contribution is 6.04. The summed E-state index contributed by atoms with van der Waals surface area (Å²) in [7, 11) is 0. The van der Waals surface area contributed by atoms with Crippen molar-refractivity contribution < 1.29 is 39.2 Å². The number of nitrogens with one attached hydrogen (secondary N) is 3. The number of phenolic OH excluding ortho intramolecular Hbond substituents is 2. The predicted octanol–water partition coefficient (Wildman–Crippen LogP) is 5.21. The van der Waals surface area contributed by atoms with Crippen LogP contribution in [0.15, 0.2) is 72.6 Å². The molecule has 4 heterocycles. The number of ether oxygens (including phenoxy) is 1. The maximum atomic E-state index is 13.2. The first-order valence-electron chi connectivity index (χ1n) is 19.8. The number of amides is 4. The molecule has 0 radical (unpaired) electrons. The number of fused-ring (bicyclic) bond motifs is 2. The fourth-order valence-electron chi connectivity index (χ4n) is 7.65. The fraction of sp³-hybridized carbons (Fsp3) is 0.349. The summed E-state index contributed by atoms with van der Waals surface area (Å²) in [5, 5.41) is 49.0. The molecule has 0 bridgehead atoms. The van der Waals surface area contributed by atoms with Gasteiger partial charge in [0.1, 0.15) is 17.5 Å². The zero-order valence-electron chi connectivity index (χ0n) is 33.2. The minimum absolute atomic E-state index is 0.0181. The van der Waals surface area contributed by atoms with Crippen LogP contribution in [-0.4, -0.2) is 89.0 Å². The van der Waals surface area contributed by atoms with Crippen LogP contribution in [0.4, 0.5) is 5.69 Å². The van der Waals surface area contributed by atoms with Crippen molar-refractivity contribution in [3.8, 4) is 34.6 Å². The van der Waals surface area contributed by atoms with Crippen LogP contribution in [-0.2, 0) is 32.2 Å². The highest BCUT2D eigenvalue weighted by Crippen LogP contribution is 2.39. The van der Waals surface area contributed by atoms with E-state index in [4.69, 9.17) is 4.74 Å². The molecule has 1 atom stereocenters. The standard InChI is InChI=1S/C43H48N8O8/c1-4-27-11-13-35(41(56)45-27)50-24-32-29(42(50)57)7-5-8-33(32)46-39(55)10-6-9-38(54)44-16-19-59-20-18-49-17-15-26-21-28(12-14-34(26)49)51-40(47-48-43(51)58)31-22-30(25(2)3)36(52)23-37(31)53/h4-5,7-8,12,14-15,17,21-23,25,35,52-53H,6,9-11,13,16,18-20,24H2,1-3H3,(H,44,54)(H,45,56)(H,46,55)(H,48,58). The average Bonchev–Trinajstić information content (AvgIpc) is 3.90. The number of phenols is 2. The van der Waals surface area contributed by atoms with Crippen LogP contribution in [0, 0.1) is 0 Å². The molecule has 0 saturated carbocycles. The fourth-order valence-corrected chi connectivity index (χ4v) is 7.65. The summed E-state index contributed by atoms with van der Waals surface area (Å²) in [4.78, 5) is 52.8. The Morgan fingerprint density at radius 1 is 0.983 bits per heavy atom. The number of carbonyl (C=O) groups is 4. The number of hydrogen-bond acceptors (Lipinski definition) is 10. The number of carbonyl (C=O) groups excluding carboxylic acids is 4.